The van der Waals surface area contributed by atoms with E-state index >= 15 is 0 Å². The second-order valence-electron chi connectivity index (χ2n) is 2.88. The lowest BCUT2D eigenvalue weighted by atomic mass is 10.2. The summed E-state index contributed by atoms with van der Waals surface area (Å²) >= 11 is 0. The summed E-state index contributed by atoms with van der Waals surface area (Å²) in [7, 11) is 0. The third kappa shape index (κ3) is 1.41. The summed E-state index contributed by atoms with van der Waals surface area (Å²) in [5.74, 6) is 0.362. The second-order valence-corrected chi connectivity index (χ2v) is 2.88. The standard InChI is InChI=1S/C11H10FNO/c1-2-14-10-6-7-13-11-8(10)4-3-5-9(11)12/h3-7H,2H2,1H3. The van der Waals surface area contributed by atoms with Crippen LogP contribution in [0.15, 0.2) is 30.5 Å². The van der Waals surface area contributed by atoms with Crippen molar-refractivity contribution in [1.29, 1.82) is 0 Å². The fraction of sp³-hybridized carbons (Fsp3) is 0.182. The van der Waals surface area contributed by atoms with Gasteiger partial charge in [-0.1, -0.05) is 6.07 Å². The zero-order valence-electron chi connectivity index (χ0n) is 7.83. The van der Waals surface area contributed by atoms with E-state index in [9.17, 15) is 4.39 Å². The SMILES string of the molecule is CCOc1ccnc2c(F)cccc12. The van der Waals surface area contributed by atoms with Crippen LogP contribution < -0.4 is 4.74 Å². The van der Waals surface area contributed by atoms with Gasteiger partial charge in [-0.15, -0.1) is 0 Å². The van der Waals surface area contributed by atoms with Crippen LogP contribution in [0.25, 0.3) is 10.9 Å². The molecule has 0 fully saturated rings. The van der Waals surface area contributed by atoms with Crippen LogP contribution in [0.3, 0.4) is 0 Å². The van der Waals surface area contributed by atoms with Gasteiger partial charge < -0.3 is 4.74 Å². The number of rotatable bonds is 2. The quantitative estimate of drug-likeness (QED) is 0.728. The molecule has 2 rings (SSSR count). The molecule has 1 aromatic heterocycles. The first-order valence-corrected chi connectivity index (χ1v) is 4.49. The first-order valence-electron chi connectivity index (χ1n) is 4.49. The van der Waals surface area contributed by atoms with Crippen LogP contribution in [0.4, 0.5) is 4.39 Å². The normalized spacial score (nSPS) is 10.4. The molecule has 0 radical (unpaired) electrons. The number of pyridine rings is 1. The van der Waals surface area contributed by atoms with Crippen LogP contribution in [0, 0.1) is 5.82 Å². The van der Waals surface area contributed by atoms with Crippen molar-refractivity contribution in [1.82, 2.24) is 4.98 Å². The molecule has 14 heavy (non-hydrogen) atoms. The minimum absolute atomic E-state index is 0.316. The van der Waals surface area contributed by atoms with Crippen molar-refractivity contribution in [2.24, 2.45) is 0 Å². The first kappa shape index (κ1) is 8.94. The van der Waals surface area contributed by atoms with Crippen LogP contribution in [-0.2, 0) is 0 Å². The number of halogens is 1. The molecule has 0 aliphatic heterocycles. The van der Waals surface area contributed by atoms with E-state index in [0.29, 0.717) is 23.3 Å². The van der Waals surface area contributed by atoms with Gasteiger partial charge in [0.2, 0.25) is 0 Å². The lowest BCUT2D eigenvalue weighted by Crippen LogP contribution is -1.94. The number of ether oxygens (including phenoxy) is 1. The zero-order chi connectivity index (χ0) is 9.97. The van der Waals surface area contributed by atoms with Crippen molar-refractivity contribution in [3.05, 3.63) is 36.3 Å². The Kier molecular flexibility index (Phi) is 2.31. The monoisotopic (exact) mass is 191 g/mol. The first-order chi connectivity index (χ1) is 6.83. The van der Waals surface area contributed by atoms with E-state index in [1.807, 2.05) is 6.92 Å². The maximum absolute atomic E-state index is 13.3. The molecule has 1 aromatic carbocycles. The van der Waals surface area contributed by atoms with Gasteiger partial charge in [0.25, 0.3) is 0 Å². The smallest absolute Gasteiger partial charge is 0.149 e. The molecule has 0 unspecified atom stereocenters. The van der Waals surface area contributed by atoms with E-state index in [1.165, 1.54) is 6.07 Å². The number of aromatic nitrogens is 1. The molecule has 0 saturated heterocycles. The van der Waals surface area contributed by atoms with Crippen molar-refractivity contribution in [3.8, 4) is 5.75 Å². The maximum atomic E-state index is 13.3. The van der Waals surface area contributed by atoms with Crippen LogP contribution in [0.5, 0.6) is 5.75 Å². The predicted molar refractivity (Wildman–Crippen MR) is 52.9 cm³/mol. The number of fused-ring (bicyclic) bond motifs is 1. The van der Waals surface area contributed by atoms with Gasteiger partial charge in [0.15, 0.2) is 0 Å². The molecule has 0 spiro atoms. The van der Waals surface area contributed by atoms with Crippen LogP contribution in [0.1, 0.15) is 6.92 Å². The fourth-order valence-corrected chi connectivity index (χ4v) is 1.40. The third-order valence-corrected chi connectivity index (χ3v) is 1.98. The Labute approximate surface area is 81.3 Å². The lowest BCUT2D eigenvalue weighted by molar-refractivity contribution is 0.344. The Balaban J connectivity index is 2.68. The topological polar surface area (TPSA) is 22.1 Å². The van der Waals surface area contributed by atoms with Crippen LogP contribution in [0.2, 0.25) is 0 Å². The van der Waals surface area contributed by atoms with E-state index in [4.69, 9.17) is 4.74 Å². The lowest BCUT2D eigenvalue weighted by Gasteiger charge is -2.06. The highest BCUT2D eigenvalue weighted by atomic mass is 19.1. The van der Waals surface area contributed by atoms with E-state index in [-0.39, 0.29) is 5.82 Å². The summed E-state index contributed by atoms with van der Waals surface area (Å²) in [5.41, 5.74) is 0.360. The fourth-order valence-electron chi connectivity index (χ4n) is 1.40. The number of hydrogen-bond donors (Lipinski definition) is 0. The molecular formula is C11H10FNO. The van der Waals surface area contributed by atoms with Gasteiger partial charge in [-0.2, -0.15) is 0 Å². The molecular weight excluding hydrogens is 181 g/mol. The molecule has 1 heterocycles. The predicted octanol–water partition coefficient (Wildman–Crippen LogP) is 2.77. The Morgan fingerprint density at radius 3 is 3.00 bits per heavy atom. The van der Waals surface area contributed by atoms with Crippen molar-refractivity contribution in [2.45, 2.75) is 6.92 Å². The van der Waals surface area contributed by atoms with E-state index < -0.39 is 0 Å². The van der Waals surface area contributed by atoms with E-state index in [0.717, 1.165) is 0 Å². The number of benzene rings is 1. The zero-order valence-corrected chi connectivity index (χ0v) is 7.83. The minimum atomic E-state index is -0.316. The average molecular weight is 191 g/mol. The largest absolute Gasteiger partial charge is 0.493 e. The van der Waals surface area contributed by atoms with Gasteiger partial charge in [0.05, 0.1) is 6.61 Å². The summed E-state index contributed by atoms with van der Waals surface area (Å²) in [4.78, 5) is 3.97. The highest BCUT2D eigenvalue weighted by molar-refractivity contribution is 5.85. The van der Waals surface area contributed by atoms with Gasteiger partial charge in [-0.05, 0) is 25.1 Å². The van der Waals surface area contributed by atoms with Gasteiger partial charge >= 0.3 is 0 Å². The summed E-state index contributed by atoms with van der Waals surface area (Å²) in [6.45, 7) is 2.46. The Morgan fingerprint density at radius 1 is 1.36 bits per heavy atom. The van der Waals surface area contributed by atoms with E-state index in [1.54, 1.807) is 24.4 Å². The van der Waals surface area contributed by atoms with Gasteiger partial charge in [0, 0.05) is 11.6 Å². The summed E-state index contributed by atoms with van der Waals surface area (Å²) in [5, 5.41) is 0.717. The maximum Gasteiger partial charge on any atom is 0.149 e. The molecule has 0 atom stereocenters. The number of para-hydroxylation sites is 1. The highest BCUT2D eigenvalue weighted by Crippen LogP contribution is 2.24. The molecule has 0 bridgehead atoms. The van der Waals surface area contributed by atoms with Crippen LogP contribution >= 0.6 is 0 Å². The minimum Gasteiger partial charge on any atom is -0.493 e. The van der Waals surface area contributed by atoms with Crippen molar-refractivity contribution in [3.63, 3.8) is 0 Å². The van der Waals surface area contributed by atoms with Gasteiger partial charge in [0.1, 0.15) is 17.1 Å². The molecule has 3 heteroatoms. The number of nitrogens with zero attached hydrogens (tertiary/aromatic N) is 1. The molecule has 0 aliphatic rings. The highest BCUT2D eigenvalue weighted by Gasteiger charge is 2.05. The summed E-state index contributed by atoms with van der Waals surface area (Å²) in [6.07, 6.45) is 1.55. The van der Waals surface area contributed by atoms with Crippen LogP contribution in [-0.4, -0.2) is 11.6 Å². The molecule has 72 valence electrons. The Morgan fingerprint density at radius 2 is 2.21 bits per heavy atom. The Bertz CT molecular complexity index is 456. The van der Waals surface area contributed by atoms with Crippen molar-refractivity contribution in [2.75, 3.05) is 6.61 Å². The molecule has 0 N–H and O–H groups in total. The summed E-state index contributed by atoms with van der Waals surface area (Å²) < 4.78 is 18.7. The molecule has 2 nitrogen and oxygen atoms in total. The average Bonchev–Trinajstić information content (AvgIpc) is 2.20. The molecule has 0 saturated carbocycles. The molecule has 2 aromatic rings. The number of hydrogen-bond acceptors (Lipinski definition) is 2. The Hall–Kier alpha value is -1.64. The third-order valence-electron chi connectivity index (χ3n) is 1.98. The van der Waals surface area contributed by atoms with Gasteiger partial charge in [-0.25, -0.2) is 4.39 Å². The second kappa shape index (κ2) is 3.62. The summed E-state index contributed by atoms with van der Waals surface area (Å²) in [6, 6.07) is 6.59. The van der Waals surface area contributed by atoms with Crippen molar-refractivity contribution < 1.29 is 9.13 Å². The van der Waals surface area contributed by atoms with Gasteiger partial charge in [-0.3, -0.25) is 4.98 Å². The molecule has 0 amide bonds. The molecule has 0 aliphatic carbocycles. The van der Waals surface area contributed by atoms with E-state index in [2.05, 4.69) is 4.98 Å². The van der Waals surface area contributed by atoms with Crippen molar-refractivity contribution >= 4 is 10.9 Å².